The van der Waals surface area contributed by atoms with Crippen molar-refractivity contribution in [1.29, 1.82) is 0 Å². The second kappa shape index (κ2) is 6.53. The summed E-state index contributed by atoms with van der Waals surface area (Å²) < 4.78 is 0. The zero-order valence-corrected chi connectivity index (χ0v) is 12.4. The SMILES string of the molecule is CCC(CC)(CN)N(Cc1cccs1)C(C)C. The summed E-state index contributed by atoms with van der Waals surface area (Å²) in [5, 5.41) is 2.15. The molecule has 0 saturated heterocycles. The van der Waals surface area contributed by atoms with Crippen LogP contribution in [0.3, 0.4) is 0 Å². The van der Waals surface area contributed by atoms with E-state index < -0.39 is 0 Å². The summed E-state index contributed by atoms with van der Waals surface area (Å²) in [5.74, 6) is 0. The fraction of sp³-hybridized carbons (Fsp3) is 0.714. The van der Waals surface area contributed by atoms with E-state index in [0.29, 0.717) is 6.04 Å². The molecule has 0 bridgehead atoms. The summed E-state index contributed by atoms with van der Waals surface area (Å²) in [6.07, 6.45) is 2.23. The molecule has 2 nitrogen and oxygen atoms in total. The Morgan fingerprint density at radius 3 is 2.35 bits per heavy atom. The first-order chi connectivity index (χ1) is 8.09. The Labute approximate surface area is 110 Å². The van der Waals surface area contributed by atoms with E-state index in [1.54, 1.807) is 0 Å². The molecule has 0 amide bonds. The van der Waals surface area contributed by atoms with Gasteiger partial charge in [-0.15, -0.1) is 11.3 Å². The second-order valence-electron chi connectivity index (χ2n) is 4.94. The molecule has 1 aromatic heterocycles. The van der Waals surface area contributed by atoms with Gasteiger partial charge in [-0.3, -0.25) is 4.90 Å². The molecule has 2 N–H and O–H groups in total. The van der Waals surface area contributed by atoms with Gasteiger partial charge in [-0.1, -0.05) is 19.9 Å². The molecule has 1 aromatic rings. The topological polar surface area (TPSA) is 29.3 Å². The fourth-order valence-corrected chi connectivity index (χ4v) is 3.23. The van der Waals surface area contributed by atoms with Crippen molar-refractivity contribution in [2.45, 2.75) is 58.7 Å². The lowest BCUT2D eigenvalue weighted by atomic mass is 9.89. The van der Waals surface area contributed by atoms with Gasteiger partial charge in [-0.2, -0.15) is 0 Å². The molecule has 17 heavy (non-hydrogen) atoms. The lowest BCUT2D eigenvalue weighted by molar-refractivity contribution is 0.0466. The van der Waals surface area contributed by atoms with E-state index in [4.69, 9.17) is 5.73 Å². The maximum absolute atomic E-state index is 6.06. The molecule has 98 valence electrons. The van der Waals surface area contributed by atoms with Crippen LogP contribution in [0.2, 0.25) is 0 Å². The molecule has 0 fully saturated rings. The van der Waals surface area contributed by atoms with Crippen molar-refractivity contribution in [3.63, 3.8) is 0 Å². The highest BCUT2D eigenvalue weighted by molar-refractivity contribution is 7.09. The zero-order chi connectivity index (χ0) is 12.9. The molecule has 0 aliphatic rings. The maximum Gasteiger partial charge on any atom is 0.0336 e. The highest BCUT2D eigenvalue weighted by Gasteiger charge is 2.33. The van der Waals surface area contributed by atoms with Crippen molar-refractivity contribution in [2.75, 3.05) is 6.54 Å². The molecule has 1 rings (SSSR count). The van der Waals surface area contributed by atoms with Crippen LogP contribution in [0.25, 0.3) is 0 Å². The van der Waals surface area contributed by atoms with E-state index >= 15 is 0 Å². The summed E-state index contributed by atoms with van der Waals surface area (Å²) in [6, 6.07) is 4.87. The molecule has 0 aliphatic carbocycles. The van der Waals surface area contributed by atoms with Crippen LogP contribution < -0.4 is 5.73 Å². The fourth-order valence-electron chi connectivity index (χ4n) is 2.53. The van der Waals surface area contributed by atoms with Crippen LogP contribution in [-0.2, 0) is 6.54 Å². The van der Waals surface area contributed by atoms with Crippen LogP contribution >= 0.6 is 11.3 Å². The summed E-state index contributed by atoms with van der Waals surface area (Å²) in [6.45, 7) is 10.8. The first-order valence-corrected chi connectivity index (χ1v) is 7.46. The van der Waals surface area contributed by atoms with E-state index in [9.17, 15) is 0 Å². The smallest absolute Gasteiger partial charge is 0.0336 e. The predicted molar refractivity (Wildman–Crippen MR) is 77.4 cm³/mol. The molecule has 3 heteroatoms. The van der Waals surface area contributed by atoms with Crippen LogP contribution in [0, 0.1) is 0 Å². The molecule has 0 aromatic carbocycles. The van der Waals surface area contributed by atoms with E-state index in [1.165, 1.54) is 4.88 Å². The van der Waals surface area contributed by atoms with Crippen molar-refractivity contribution in [3.8, 4) is 0 Å². The molecule has 0 radical (unpaired) electrons. The number of thiophene rings is 1. The van der Waals surface area contributed by atoms with Crippen LogP contribution in [0.1, 0.15) is 45.4 Å². The number of rotatable bonds is 7. The molecule has 0 atom stereocenters. The van der Waals surface area contributed by atoms with Gasteiger partial charge in [0, 0.05) is 29.5 Å². The molecule has 1 heterocycles. The number of nitrogens with two attached hydrogens (primary N) is 1. The molecule has 0 spiro atoms. The van der Waals surface area contributed by atoms with Crippen molar-refractivity contribution in [1.82, 2.24) is 4.90 Å². The van der Waals surface area contributed by atoms with E-state index in [0.717, 1.165) is 25.9 Å². The highest BCUT2D eigenvalue weighted by atomic mass is 32.1. The third kappa shape index (κ3) is 3.30. The Morgan fingerprint density at radius 1 is 1.35 bits per heavy atom. The van der Waals surface area contributed by atoms with Gasteiger partial charge in [-0.25, -0.2) is 0 Å². The average Bonchev–Trinajstić information content (AvgIpc) is 2.83. The summed E-state index contributed by atoms with van der Waals surface area (Å²) in [7, 11) is 0. The molecule has 0 aliphatic heterocycles. The average molecular weight is 254 g/mol. The highest BCUT2D eigenvalue weighted by Crippen LogP contribution is 2.28. The summed E-state index contributed by atoms with van der Waals surface area (Å²) in [5.41, 5.74) is 6.21. The van der Waals surface area contributed by atoms with Crippen molar-refractivity contribution in [3.05, 3.63) is 22.4 Å². The maximum atomic E-state index is 6.06. The summed E-state index contributed by atoms with van der Waals surface area (Å²) in [4.78, 5) is 4.00. The van der Waals surface area contributed by atoms with Crippen molar-refractivity contribution >= 4 is 11.3 Å². The zero-order valence-electron chi connectivity index (χ0n) is 11.6. The van der Waals surface area contributed by atoms with Gasteiger partial charge in [0.2, 0.25) is 0 Å². The Balaban J connectivity index is 2.90. The first kappa shape index (κ1) is 14.7. The normalized spacial score (nSPS) is 12.6. The van der Waals surface area contributed by atoms with Gasteiger partial charge in [0.1, 0.15) is 0 Å². The standard InChI is InChI=1S/C14H26N2S/c1-5-14(6-2,11-15)16(12(3)4)10-13-8-7-9-17-13/h7-9,12H,5-6,10-11,15H2,1-4H3. The lowest BCUT2D eigenvalue weighted by Gasteiger charge is -2.45. The monoisotopic (exact) mass is 254 g/mol. The minimum Gasteiger partial charge on any atom is -0.329 e. The Bertz CT molecular complexity index is 294. The quantitative estimate of drug-likeness (QED) is 0.807. The Morgan fingerprint density at radius 2 is 2.00 bits per heavy atom. The molecular formula is C14H26N2S. The van der Waals surface area contributed by atoms with Gasteiger partial charge in [0.05, 0.1) is 0 Å². The van der Waals surface area contributed by atoms with Crippen LogP contribution in [0.5, 0.6) is 0 Å². The third-order valence-electron chi connectivity index (χ3n) is 3.84. The minimum absolute atomic E-state index is 0.151. The lowest BCUT2D eigenvalue weighted by Crippen LogP contribution is -2.55. The van der Waals surface area contributed by atoms with E-state index in [2.05, 4.69) is 50.1 Å². The number of nitrogens with zero attached hydrogens (tertiary/aromatic N) is 1. The molecular weight excluding hydrogens is 228 g/mol. The number of hydrogen-bond donors (Lipinski definition) is 1. The first-order valence-electron chi connectivity index (χ1n) is 6.58. The molecule has 0 saturated carbocycles. The van der Waals surface area contributed by atoms with Gasteiger partial charge in [-0.05, 0) is 38.1 Å². The van der Waals surface area contributed by atoms with Gasteiger partial charge < -0.3 is 5.73 Å². The summed E-state index contributed by atoms with van der Waals surface area (Å²) >= 11 is 1.83. The number of hydrogen-bond acceptors (Lipinski definition) is 3. The largest absolute Gasteiger partial charge is 0.329 e. The Kier molecular flexibility index (Phi) is 5.63. The van der Waals surface area contributed by atoms with Crippen LogP contribution in [0.4, 0.5) is 0 Å². The van der Waals surface area contributed by atoms with Crippen molar-refractivity contribution in [2.24, 2.45) is 5.73 Å². The van der Waals surface area contributed by atoms with Gasteiger partial charge in [0.15, 0.2) is 0 Å². The molecule has 0 unspecified atom stereocenters. The van der Waals surface area contributed by atoms with Crippen LogP contribution in [-0.4, -0.2) is 23.0 Å². The second-order valence-corrected chi connectivity index (χ2v) is 5.97. The van der Waals surface area contributed by atoms with E-state index in [-0.39, 0.29) is 5.54 Å². The van der Waals surface area contributed by atoms with Crippen molar-refractivity contribution < 1.29 is 0 Å². The van der Waals surface area contributed by atoms with Crippen LogP contribution in [0.15, 0.2) is 17.5 Å². The third-order valence-corrected chi connectivity index (χ3v) is 4.70. The van der Waals surface area contributed by atoms with E-state index in [1.807, 2.05) is 11.3 Å². The van der Waals surface area contributed by atoms with Gasteiger partial charge in [0.25, 0.3) is 0 Å². The minimum atomic E-state index is 0.151. The van der Waals surface area contributed by atoms with Gasteiger partial charge >= 0.3 is 0 Å². The Hall–Kier alpha value is -0.380. The predicted octanol–water partition coefficient (Wildman–Crippen LogP) is 3.48.